The van der Waals surface area contributed by atoms with E-state index in [0.29, 0.717) is 145 Å². The summed E-state index contributed by atoms with van der Waals surface area (Å²) < 4.78 is 76.1. The maximum atomic E-state index is 11.8. The Hall–Kier alpha value is -2.02. The van der Waals surface area contributed by atoms with Crippen LogP contribution in [0, 0.1) is 0 Å². The highest BCUT2D eigenvalue weighted by Crippen LogP contribution is 2.00. The van der Waals surface area contributed by atoms with E-state index in [2.05, 4.69) is 5.32 Å². The first-order valence-corrected chi connectivity index (χ1v) is 16.2. The van der Waals surface area contributed by atoms with Crippen molar-refractivity contribution in [3.63, 3.8) is 0 Å². The molecule has 0 saturated heterocycles. The van der Waals surface area contributed by atoms with E-state index in [1.807, 2.05) is 30.3 Å². The Kier molecular flexibility index (Phi) is 33.7. The number of alkyl carbamates (subject to hydrolysis) is 1. The second-order valence-electron chi connectivity index (χ2n) is 9.41. The number of carbonyl (C=O) groups is 1. The number of ether oxygens (including phenoxy) is 12. The van der Waals surface area contributed by atoms with Crippen molar-refractivity contribution in [2.45, 2.75) is 6.61 Å². The number of alkyl halides is 1. The molecule has 0 saturated carbocycles. The van der Waals surface area contributed by atoms with Crippen LogP contribution in [0.15, 0.2) is 30.3 Å². The highest BCUT2D eigenvalue weighted by molar-refractivity contribution is 5.67. The molecule has 1 rings (SSSR count). The lowest BCUT2D eigenvalue weighted by Gasteiger charge is -2.09. The summed E-state index contributed by atoms with van der Waals surface area (Å²) in [6.07, 6.45) is -0.472. The molecule has 0 aliphatic carbocycles. The van der Waals surface area contributed by atoms with Gasteiger partial charge < -0.3 is 62.2 Å². The van der Waals surface area contributed by atoms with Crippen LogP contribution in [0.25, 0.3) is 0 Å². The van der Waals surface area contributed by atoms with Crippen LogP contribution in [0.1, 0.15) is 5.56 Å². The van der Waals surface area contributed by atoms with Crippen LogP contribution >= 0.6 is 0 Å². The lowest BCUT2D eigenvalue weighted by atomic mass is 10.2. The van der Waals surface area contributed by atoms with Crippen molar-refractivity contribution in [3.8, 4) is 0 Å². The molecule has 0 bridgehead atoms. The van der Waals surface area contributed by atoms with Crippen LogP contribution in [0.5, 0.6) is 0 Å². The smallest absolute Gasteiger partial charge is 0.407 e. The van der Waals surface area contributed by atoms with Gasteiger partial charge in [-0.05, 0) is 5.56 Å². The molecule has 0 heterocycles. The summed E-state index contributed by atoms with van der Waals surface area (Å²) in [5, 5.41) is 2.64. The lowest BCUT2D eigenvalue weighted by molar-refractivity contribution is -0.0275. The molecule has 14 nitrogen and oxygen atoms in total. The summed E-state index contributed by atoms with van der Waals surface area (Å²) in [7, 11) is 0. The number of amides is 1. The largest absolute Gasteiger partial charge is 0.445 e. The van der Waals surface area contributed by atoms with Gasteiger partial charge in [-0.25, -0.2) is 9.18 Å². The van der Waals surface area contributed by atoms with Crippen molar-refractivity contribution in [1.82, 2.24) is 5.32 Å². The Bertz CT molecular complexity index is 770. The molecule has 0 atom stereocenters. The normalized spacial score (nSPS) is 11.3. The van der Waals surface area contributed by atoms with Gasteiger partial charge in [-0.1, -0.05) is 30.3 Å². The molecule has 0 unspecified atom stereocenters. The molecule has 47 heavy (non-hydrogen) atoms. The van der Waals surface area contributed by atoms with Gasteiger partial charge in [-0.15, -0.1) is 0 Å². The highest BCUT2D eigenvalue weighted by atomic mass is 19.1. The SMILES string of the molecule is O=C(NCCOCCOCCOCCOCCOCCOCCOCCOCCOCCOCCOCCF)OCc1ccccc1. The van der Waals surface area contributed by atoms with Crippen molar-refractivity contribution < 1.29 is 66.0 Å². The van der Waals surface area contributed by atoms with Gasteiger partial charge in [0.05, 0.1) is 145 Å². The third kappa shape index (κ3) is 33.7. The van der Waals surface area contributed by atoms with Crippen LogP contribution in [-0.2, 0) is 63.4 Å². The number of halogens is 1. The van der Waals surface area contributed by atoms with Gasteiger partial charge in [0.1, 0.15) is 13.3 Å². The number of benzene rings is 1. The van der Waals surface area contributed by atoms with E-state index < -0.39 is 12.8 Å². The zero-order valence-corrected chi connectivity index (χ0v) is 27.7. The number of carbonyl (C=O) groups excluding carboxylic acids is 1. The van der Waals surface area contributed by atoms with Crippen molar-refractivity contribution >= 4 is 6.09 Å². The third-order valence-corrected chi connectivity index (χ3v) is 5.67. The molecule has 1 amide bonds. The zero-order chi connectivity index (χ0) is 33.6. The second-order valence-corrected chi connectivity index (χ2v) is 9.41. The van der Waals surface area contributed by atoms with E-state index >= 15 is 0 Å². The van der Waals surface area contributed by atoms with E-state index in [-0.39, 0.29) is 13.2 Å². The number of nitrogens with one attached hydrogen (secondary N) is 1. The molecule has 0 fully saturated rings. The van der Waals surface area contributed by atoms with Gasteiger partial charge in [-0.3, -0.25) is 0 Å². The molecule has 0 radical (unpaired) electrons. The van der Waals surface area contributed by atoms with E-state index in [1.54, 1.807) is 0 Å². The van der Waals surface area contributed by atoms with Crippen LogP contribution in [0.4, 0.5) is 9.18 Å². The molecule has 0 aliphatic heterocycles. The van der Waals surface area contributed by atoms with Crippen LogP contribution in [-0.4, -0.2) is 165 Å². The molecular formula is C32H56FNO13. The fourth-order valence-electron chi connectivity index (χ4n) is 3.36. The Morgan fingerprint density at radius 1 is 0.447 bits per heavy atom. The van der Waals surface area contributed by atoms with Crippen LogP contribution < -0.4 is 5.32 Å². The van der Waals surface area contributed by atoms with Crippen LogP contribution in [0.3, 0.4) is 0 Å². The van der Waals surface area contributed by atoms with Crippen LogP contribution in [0.2, 0.25) is 0 Å². The van der Waals surface area contributed by atoms with Gasteiger partial charge in [0.15, 0.2) is 0 Å². The molecule has 0 aromatic heterocycles. The Morgan fingerprint density at radius 3 is 1.06 bits per heavy atom. The Morgan fingerprint density at radius 2 is 0.745 bits per heavy atom. The van der Waals surface area contributed by atoms with E-state index in [4.69, 9.17) is 56.8 Å². The maximum Gasteiger partial charge on any atom is 0.407 e. The second kappa shape index (κ2) is 36.8. The summed E-state index contributed by atoms with van der Waals surface area (Å²) in [4.78, 5) is 11.6. The first-order chi connectivity index (χ1) is 23.3. The van der Waals surface area contributed by atoms with Gasteiger partial charge in [0, 0.05) is 6.54 Å². The average Bonchev–Trinajstić information content (AvgIpc) is 3.09. The first-order valence-electron chi connectivity index (χ1n) is 16.2. The summed E-state index contributed by atoms with van der Waals surface area (Å²) in [6, 6.07) is 9.49. The summed E-state index contributed by atoms with van der Waals surface area (Å²) >= 11 is 0. The quantitative estimate of drug-likeness (QED) is 0.103. The molecule has 274 valence electrons. The summed E-state index contributed by atoms with van der Waals surface area (Å²) in [5.74, 6) is 0. The van der Waals surface area contributed by atoms with Crippen molar-refractivity contribution in [2.24, 2.45) is 0 Å². The highest BCUT2D eigenvalue weighted by Gasteiger charge is 2.02. The molecule has 1 aromatic carbocycles. The Labute approximate surface area is 278 Å². The summed E-state index contributed by atoms with van der Waals surface area (Å²) in [6.45, 7) is 9.98. The number of hydrogen-bond acceptors (Lipinski definition) is 13. The molecular weight excluding hydrogens is 625 g/mol. The molecule has 15 heteroatoms. The van der Waals surface area contributed by atoms with Gasteiger partial charge in [0.2, 0.25) is 0 Å². The molecule has 0 aliphatic rings. The predicted molar refractivity (Wildman–Crippen MR) is 170 cm³/mol. The van der Waals surface area contributed by atoms with Crippen molar-refractivity contribution in [3.05, 3.63) is 35.9 Å². The minimum Gasteiger partial charge on any atom is -0.445 e. The van der Waals surface area contributed by atoms with E-state index in [9.17, 15) is 9.18 Å². The average molecular weight is 682 g/mol. The molecule has 0 spiro atoms. The first kappa shape index (κ1) is 43.0. The van der Waals surface area contributed by atoms with Gasteiger partial charge in [-0.2, -0.15) is 0 Å². The lowest BCUT2D eigenvalue weighted by Crippen LogP contribution is -2.28. The van der Waals surface area contributed by atoms with Gasteiger partial charge in [0.25, 0.3) is 0 Å². The maximum absolute atomic E-state index is 11.8. The third-order valence-electron chi connectivity index (χ3n) is 5.67. The Balaban J connectivity index is 1.63. The minimum atomic E-state index is -0.479. The van der Waals surface area contributed by atoms with Crippen molar-refractivity contribution in [2.75, 3.05) is 159 Å². The topological polar surface area (TPSA) is 140 Å². The van der Waals surface area contributed by atoms with E-state index in [1.165, 1.54) is 0 Å². The predicted octanol–water partition coefficient (Wildman–Crippen LogP) is 2.06. The number of rotatable bonds is 37. The van der Waals surface area contributed by atoms with E-state index in [0.717, 1.165) is 5.56 Å². The monoisotopic (exact) mass is 681 g/mol. The van der Waals surface area contributed by atoms with Crippen molar-refractivity contribution in [1.29, 1.82) is 0 Å². The minimum absolute atomic E-state index is 0.109. The fraction of sp³-hybridized carbons (Fsp3) is 0.781. The standard InChI is InChI=1S/C32H56FNO13/c33-6-8-36-10-12-38-14-16-40-18-20-42-22-24-44-26-28-46-29-27-45-25-23-43-21-19-41-17-15-39-13-11-37-9-7-34-32(35)47-30-31-4-2-1-3-5-31/h1-5H,6-30H2,(H,34,35). The molecule has 1 N–H and O–H groups in total. The number of hydrogen-bond donors (Lipinski definition) is 1. The zero-order valence-electron chi connectivity index (χ0n) is 27.7. The fourth-order valence-corrected chi connectivity index (χ4v) is 3.36. The van der Waals surface area contributed by atoms with Gasteiger partial charge >= 0.3 is 6.09 Å². The summed E-state index contributed by atoms with van der Waals surface area (Å²) in [5.41, 5.74) is 0.935. The molecule has 1 aromatic rings.